The zero-order chi connectivity index (χ0) is 12.0. The highest BCUT2D eigenvalue weighted by Crippen LogP contribution is 2.43. The minimum absolute atomic E-state index is 0.0252. The molecule has 1 saturated carbocycles. The highest BCUT2D eigenvalue weighted by atomic mass is 35.5. The first-order valence-corrected chi connectivity index (χ1v) is 6.15. The first-order chi connectivity index (χ1) is 8.15. The fourth-order valence-corrected chi connectivity index (χ4v) is 3.01. The second-order valence-electron chi connectivity index (χ2n) is 4.72. The summed E-state index contributed by atoms with van der Waals surface area (Å²) in [6, 6.07) is 5.49. The molecule has 4 heteroatoms. The van der Waals surface area contributed by atoms with Crippen molar-refractivity contribution in [3.05, 3.63) is 28.8 Å². The van der Waals surface area contributed by atoms with E-state index < -0.39 is 0 Å². The van der Waals surface area contributed by atoms with Crippen LogP contribution in [0.3, 0.4) is 0 Å². The number of hydrogen-bond acceptors (Lipinski definition) is 2. The van der Waals surface area contributed by atoms with Gasteiger partial charge in [-0.2, -0.15) is 0 Å². The van der Waals surface area contributed by atoms with Crippen molar-refractivity contribution in [3.63, 3.8) is 0 Å². The van der Waals surface area contributed by atoms with Crippen LogP contribution in [0.2, 0.25) is 5.02 Å². The first kappa shape index (κ1) is 10.8. The fourth-order valence-electron chi connectivity index (χ4n) is 2.83. The summed E-state index contributed by atoms with van der Waals surface area (Å²) < 4.78 is 0. The van der Waals surface area contributed by atoms with E-state index in [-0.39, 0.29) is 23.5 Å². The Kier molecular flexibility index (Phi) is 2.44. The van der Waals surface area contributed by atoms with Crippen LogP contribution in [0.1, 0.15) is 30.7 Å². The average molecular weight is 250 g/mol. The minimum Gasteiger partial charge on any atom is -0.326 e. The van der Waals surface area contributed by atoms with Crippen LogP contribution in [0.5, 0.6) is 0 Å². The number of anilines is 1. The van der Waals surface area contributed by atoms with Gasteiger partial charge in [0.1, 0.15) is 5.78 Å². The van der Waals surface area contributed by atoms with Gasteiger partial charge >= 0.3 is 0 Å². The van der Waals surface area contributed by atoms with Crippen molar-refractivity contribution < 1.29 is 9.59 Å². The number of nitrogens with one attached hydrogen (secondary N) is 1. The molecule has 1 heterocycles. The van der Waals surface area contributed by atoms with Crippen LogP contribution in [-0.2, 0) is 9.59 Å². The molecule has 1 amide bonds. The third-order valence-corrected chi connectivity index (χ3v) is 3.91. The van der Waals surface area contributed by atoms with Gasteiger partial charge in [0.2, 0.25) is 5.91 Å². The predicted molar refractivity (Wildman–Crippen MR) is 65.2 cm³/mol. The average Bonchev–Trinajstić information content (AvgIpc) is 2.28. The van der Waals surface area contributed by atoms with Crippen molar-refractivity contribution in [2.45, 2.75) is 25.2 Å². The van der Waals surface area contributed by atoms with E-state index in [1.807, 2.05) is 12.1 Å². The van der Waals surface area contributed by atoms with Crippen LogP contribution in [0, 0.1) is 5.92 Å². The number of amides is 1. The number of fused-ring (bicyclic) bond motifs is 3. The number of ketones is 1. The summed E-state index contributed by atoms with van der Waals surface area (Å²) in [4.78, 5) is 23.5. The van der Waals surface area contributed by atoms with Gasteiger partial charge in [0.15, 0.2) is 0 Å². The number of rotatable bonds is 0. The summed E-state index contributed by atoms with van der Waals surface area (Å²) >= 11 is 5.91. The Morgan fingerprint density at radius 3 is 2.88 bits per heavy atom. The quantitative estimate of drug-likeness (QED) is 0.769. The Hall–Kier alpha value is -1.35. The topological polar surface area (TPSA) is 46.2 Å². The lowest BCUT2D eigenvalue weighted by atomic mass is 9.72. The molecule has 0 saturated heterocycles. The summed E-state index contributed by atoms with van der Waals surface area (Å²) in [5.74, 6) is 0.262. The SMILES string of the molecule is O=C1CCC2C(=O)Nc3cc(Cl)ccc3C2C1. The molecular weight excluding hydrogens is 238 g/mol. The Morgan fingerprint density at radius 2 is 2.06 bits per heavy atom. The van der Waals surface area contributed by atoms with Crippen molar-refractivity contribution >= 4 is 29.0 Å². The normalized spacial score (nSPS) is 27.1. The van der Waals surface area contributed by atoms with Gasteiger partial charge in [-0.25, -0.2) is 0 Å². The lowest BCUT2D eigenvalue weighted by Crippen LogP contribution is -2.37. The molecule has 1 aliphatic heterocycles. The number of carbonyl (C=O) groups is 2. The fraction of sp³-hybridized carbons (Fsp3) is 0.385. The van der Waals surface area contributed by atoms with Crippen molar-refractivity contribution in [1.29, 1.82) is 0 Å². The maximum absolute atomic E-state index is 11.9. The van der Waals surface area contributed by atoms with Gasteiger partial charge in [0, 0.05) is 35.4 Å². The minimum atomic E-state index is -0.0543. The van der Waals surface area contributed by atoms with Crippen LogP contribution in [0.15, 0.2) is 18.2 Å². The second kappa shape index (κ2) is 3.84. The monoisotopic (exact) mass is 249 g/mol. The third-order valence-electron chi connectivity index (χ3n) is 3.68. The Balaban J connectivity index is 2.07. The molecule has 2 unspecified atom stereocenters. The number of carbonyl (C=O) groups excluding carboxylic acids is 2. The van der Waals surface area contributed by atoms with Crippen LogP contribution in [-0.4, -0.2) is 11.7 Å². The highest BCUT2D eigenvalue weighted by molar-refractivity contribution is 6.31. The van der Waals surface area contributed by atoms with E-state index >= 15 is 0 Å². The molecule has 1 fully saturated rings. The molecule has 0 spiro atoms. The zero-order valence-electron chi connectivity index (χ0n) is 9.20. The van der Waals surface area contributed by atoms with Gasteiger partial charge in [-0.3, -0.25) is 9.59 Å². The molecule has 17 heavy (non-hydrogen) atoms. The number of benzene rings is 1. The molecule has 1 aromatic rings. The summed E-state index contributed by atoms with van der Waals surface area (Å²) in [5.41, 5.74) is 1.81. The van der Waals surface area contributed by atoms with E-state index in [1.165, 1.54) is 0 Å². The van der Waals surface area contributed by atoms with Gasteiger partial charge in [-0.15, -0.1) is 0 Å². The summed E-state index contributed by atoms with van der Waals surface area (Å²) in [5, 5.41) is 3.48. The first-order valence-electron chi connectivity index (χ1n) is 5.77. The standard InChI is InChI=1S/C13H12ClNO2/c14-7-1-3-9-11-6-8(16)2-4-10(11)13(17)15-12(9)5-7/h1,3,5,10-11H,2,4,6H2,(H,15,17). The Morgan fingerprint density at radius 1 is 1.24 bits per heavy atom. The van der Waals surface area contributed by atoms with E-state index in [9.17, 15) is 9.59 Å². The zero-order valence-corrected chi connectivity index (χ0v) is 9.96. The van der Waals surface area contributed by atoms with Crippen LogP contribution < -0.4 is 5.32 Å². The molecule has 1 N–H and O–H groups in total. The summed E-state index contributed by atoms with van der Waals surface area (Å²) in [6.45, 7) is 0. The molecule has 3 rings (SSSR count). The van der Waals surface area contributed by atoms with E-state index in [0.717, 1.165) is 11.3 Å². The smallest absolute Gasteiger partial charge is 0.228 e. The van der Waals surface area contributed by atoms with Crippen LogP contribution >= 0.6 is 11.6 Å². The summed E-state index contributed by atoms with van der Waals surface area (Å²) in [7, 11) is 0. The largest absolute Gasteiger partial charge is 0.326 e. The van der Waals surface area contributed by atoms with E-state index in [2.05, 4.69) is 5.32 Å². The summed E-state index contributed by atoms with van der Waals surface area (Å²) in [6.07, 6.45) is 1.67. The molecule has 0 aromatic heterocycles. The highest BCUT2D eigenvalue weighted by Gasteiger charge is 2.39. The molecule has 0 radical (unpaired) electrons. The lowest BCUT2D eigenvalue weighted by molar-refractivity contribution is -0.126. The van der Waals surface area contributed by atoms with Gasteiger partial charge in [0.05, 0.1) is 0 Å². The maximum atomic E-state index is 11.9. The van der Waals surface area contributed by atoms with Crippen molar-refractivity contribution in [2.75, 3.05) is 5.32 Å². The number of halogens is 1. The molecule has 1 aliphatic carbocycles. The predicted octanol–water partition coefficient (Wildman–Crippen LogP) is 2.74. The molecular formula is C13H12ClNO2. The van der Waals surface area contributed by atoms with Crippen molar-refractivity contribution in [3.8, 4) is 0 Å². The lowest BCUT2D eigenvalue weighted by Gasteiger charge is -2.35. The third kappa shape index (κ3) is 1.75. The van der Waals surface area contributed by atoms with Gasteiger partial charge in [0.25, 0.3) is 0 Å². The van der Waals surface area contributed by atoms with Gasteiger partial charge in [-0.1, -0.05) is 17.7 Å². The Labute approximate surface area is 104 Å². The van der Waals surface area contributed by atoms with Crippen molar-refractivity contribution in [2.24, 2.45) is 5.92 Å². The molecule has 0 bridgehead atoms. The van der Waals surface area contributed by atoms with E-state index in [1.54, 1.807) is 6.07 Å². The molecule has 1 aromatic carbocycles. The van der Waals surface area contributed by atoms with Crippen LogP contribution in [0.25, 0.3) is 0 Å². The van der Waals surface area contributed by atoms with E-state index in [0.29, 0.717) is 24.3 Å². The number of hydrogen-bond donors (Lipinski definition) is 1. The van der Waals surface area contributed by atoms with E-state index in [4.69, 9.17) is 11.6 Å². The Bertz CT molecular complexity index is 512. The molecule has 2 atom stereocenters. The van der Waals surface area contributed by atoms with Crippen LogP contribution in [0.4, 0.5) is 5.69 Å². The number of Topliss-reactive ketones (excluding diaryl/α,β-unsaturated/α-hetero) is 1. The maximum Gasteiger partial charge on any atom is 0.228 e. The molecule has 2 aliphatic rings. The van der Waals surface area contributed by atoms with Gasteiger partial charge < -0.3 is 5.32 Å². The second-order valence-corrected chi connectivity index (χ2v) is 5.15. The van der Waals surface area contributed by atoms with Crippen molar-refractivity contribution in [1.82, 2.24) is 0 Å². The molecule has 88 valence electrons. The van der Waals surface area contributed by atoms with Gasteiger partial charge in [-0.05, 0) is 24.1 Å². The molecule has 3 nitrogen and oxygen atoms in total.